The van der Waals surface area contributed by atoms with E-state index in [1.807, 2.05) is 12.1 Å². The van der Waals surface area contributed by atoms with Gasteiger partial charge in [0, 0.05) is 5.39 Å². The highest BCUT2D eigenvalue weighted by atomic mass is 16.5. The highest BCUT2D eigenvalue weighted by Crippen LogP contribution is 2.24. The molecule has 1 aromatic carbocycles. The summed E-state index contributed by atoms with van der Waals surface area (Å²) in [4.78, 5) is 14.8. The number of carboxylic acids is 1. The highest BCUT2D eigenvalue weighted by molar-refractivity contribution is 5.94. The van der Waals surface area contributed by atoms with Gasteiger partial charge in [-0.1, -0.05) is 24.1 Å². The third-order valence-electron chi connectivity index (χ3n) is 2.22. The standard InChI is InChI=1S/C13H9NO3/c1-2-7-17-12-10-6-4-3-5-9(10)8-11(14-12)13(15)16/h1,3-6,8H,7H2,(H,15,16). The number of pyridine rings is 1. The molecule has 0 aliphatic rings. The monoisotopic (exact) mass is 227 g/mol. The Morgan fingerprint density at radius 2 is 2.24 bits per heavy atom. The SMILES string of the molecule is C#CCOc1nc(C(=O)O)cc2ccccc12. The van der Waals surface area contributed by atoms with Crippen molar-refractivity contribution in [2.75, 3.05) is 6.61 Å². The van der Waals surface area contributed by atoms with E-state index in [9.17, 15) is 4.79 Å². The fourth-order valence-corrected chi connectivity index (χ4v) is 1.50. The first-order valence-corrected chi connectivity index (χ1v) is 4.91. The number of aromatic nitrogens is 1. The fourth-order valence-electron chi connectivity index (χ4n) is 1.50. The lowest BCUT2D eigenvalue weighted by molar-refractivity contribution is 0.0689. The largest absolute Gasteiger partial charge is 0.477 e. The molecule has 17 heavy (non-hydrogen) atoms. The first kappa shape index (κ1) is 11.0. The van der Waals surface area contributed by atoms with Crippen molar-refractivity contribution in [2.24, 2.45) is 0 Å². The summed E-state index contributed by atoms with van der Waals surface area (Å²) >= 11 is 0. The summed E-state index contributed by atoms with van der Waals surface area (Å²) < 4.78 is 5.25. The molecule has 0 aliphatic heterocycles. The van der Waals surface area contributed by atoms with Crippen LogP contribution in [0.5, 0.6) is 5.88 Å². The molecule has 0 spiro atoms. The molecule has 0 bridgehead atoms. The van der Waals surface area contributed by atoms with E-state index >= 15 is 0 Å². The molecule has 1 heterocycles. The smallest absolute Gasteiger partial charge is 0.354 e. The van der Waals surface area contributed by atoms with Crippen molar-refractivity contribution in [2.45, 2.75) is 0 Å². The van der Waals surface area contributed by atoms with Gasteiger partial charge in [-0.15, -0.1) is 6.42 Å². The van der Waals surface area contributed by atoms with Gasteiger partial charge in [-0.2, -0.15) is 0 Å². The van der Waals surface area contributed by atoms with Gasteiger partial charge in [0.15, 0.2) is 12.3 Å². The van der Waals surface area contributed by atoms with Crippen LogP contribution in [0.1, 0.15) is 10.5 Å². The van der Waals surface area contributed by atoms with Crippen LogP contribution >= 0.6 is 0 Å². The summed E-state index contributed by atoms with van der Waals surface area (Å²) in [6, 6.07) is 8.75. The third kappa shape index (κ3) is 2.18. The number of hydrogen-bond donors (Lipinski definition) is 1. The van der Waals surface area contributed by atoms with Crippen LogP contribution < -0.4 is 4.74 Å². The molecule has 0 unspecified atom stereocenters. The van der Waals surface area contributed by atoms with Gasteiger partial charge < -0.3 is 9.84 Å². The molecule has 1 N–H and O–H groups in total. The molecule has 1 aromatic heterocycles. The van der Waals surface area contributed by atoms with Crippen molar-refractivity contribution < 1.29 is 14.6 Å². The van der Waals surface area contributed by atoms with Crippen LogP contribution in [-0.2, 0) is 0 Å². The number of terminal acetylenes is 1. The number of carbonyl (C=O) groups is 1. The number of ether oxygens (including phenoxy) is 1. The topological polar surface area (TPSA) is 59.4 Å². The molecule has 0 saturated heterocycles. The fraction of sp³-hybridized carbons (Fsp3) is 0.0769. The van der Waals surface area contributed by atoms with Crippen molar-refractivity contribution in [1.82, 2.24) is 4.98 Å². The molecule has 0 aliphatic carbocycles. The van der Waals surface area contributed by atoms with Crippen LogP contribution in [0.3, 0.4) is 0 Å². The normalized spacial score (nSPS) is 9.82. The zero-order valence-corrected chi connectivity index (χ0v) is 8.88. The molecule has 0 saturated carbocycles. The molecular weight excluding hydrogens is 218 g/mol. The summed E-state index contributed by atoms with van der Waals surface area (Å²) in [6.45, 7) is 0.0556. The van der Waals surface area contributed by atoms with Crippen LogP contribution in [-0.4, -0.2) is 22.7 Å². The molecule has 0 fully saturated rings. The van der Waals surface area contributed by atoms with Gasteiger partial charge in [0.1, 0.15) is 0 Å². The maximum Gasteiger partial charge on any atom is 0.354 e. The second kappa shape index (κ2) is 4.54. The molecule has 0 amide bonds. The molecule has 4 heteroatoms. The lowest BCUT2D eigenvalue weighted by atomic mass is 10.1. The number of hydrogen-bond acceptors (Lipinski definition) is 3. The molecule has 0 radical (unpaired) electrons. The quantitative estimate of drug-likeness (QED) is 0.814. The van der Waals surface area contributed by atoms with Crippen LogP contribution in [0, 0.1) is 12.3 Å². The van der Waals surface area contributed by atoms with E-state index in [1.54, 1.807) is 12.1 Å². The first-order valence-electron chi connectivity index (χ1n) is 4.91. The molecule has 84 valence electrons. The summed E-state index contributed by atoms with van der Waals surface area (Å²) in [6.07, 6.45) is 5.10. The maximum atomic E-state index is 10.9. The van der Waals surface area contributed by atoms with Gasteiger partial charge in [0.05, 0.1) is 0 Å². The van der Waals surface area contributed by atoms with Crippen LogP contribution in [0.4, 0.5) is 0 Å². The van der Waals surface area contributed by atoms with Crippen molar-refractivity contribution in [3.8, 4) is 18.2 Å². The Labute approximate surface area is 97.9 Å². The van der Waals surface area contributed by atoms with Crippen molar-refractivity contribution in [3.05, 3.63) is 36.0 Å². The Bertz CT molecular complexity index is 614. The average Bonchev–Trinajstić information content (AvgIpc) is 2.35. The molecule has 2 aromatic rings. The van der Waals surface area contributed by atoms with E-state index in [0.29, 0.717) is 0 Å². The molecular formula is C13H9NO3. The Hall–Kier alpha value is -2.54. The number of benzene rings is 1. The van der Waals surface area contributed by atoms with Crippen LogP contribution in [0.2, 0.25) is 0 Å². The van der Waals surface area contributed by atoms with Crippen LogP contribution in [0.15, 0.2) is 30.3 Å². The number of carboxylic acid groups (broad SMARTS) is 1. The van der Waals surface area contributed by atoms with E-state index in [2.05, 4.69) is 10.9 Å². The van der Waals surface area contributed by atoms with Crippen LogP contribution in [0.25, 0.3) is 10.8 Å². The number of rotatable bonds is 3. The van der Waals surface area contributed by atoms with Crippen molar-refractivity contribution in [3.63, 3.8) is 0 Å². The second-order valence-corrected chi connectivity index (χ2v) is 3.33. The summed E-state index contributed by atoms with van der Waals surface area (Å²) in [5, 5.41) is 10.4. The Morgan fingerprint density at radius 1 is 1.47 bits per heavy atom. The highest BCUT2D eigenvalue weighted by Gasteiger charge is 2.11. The summed E-state index contributed by atoms with van der Waals surface area (Å²) in [5.41, 5.74) is -0.0595. The minimum absolute atomic E-state index is 0.0556. The lowest BCUT2D eigenvalue weighted by Crippen LogP contribution is -2.04. The minimum Gasteiger partial charge on any atom is -0.477 e. The van der Waals surface area contributed by atoms with Gasteiger partial charge in [-0.05, 0) is 17.5 Å². The van der Waals surface area contributed by atoms with E-state index in [0.717, 1.165) is 10.8 Å². The van der Waals surface area contributed by atoms with E-state index in [-0.39, 0.29) is 18.2 Å². The predicted molar refractivity (Wildman–Crippen MR) is 63.0 cm³/mol. The average molecular weight is 227 g/mol. The van der Waals surface area contributed by atoms with Gasteiger partial charge in [-0.25, -0.2) is 9.78 Å². The Morgan fingerprint density at radius 3 is 2.94 bits per heavy atom. The first-order chi connectivity index (χ1) is 8.22. The van der Waals surface area contributed by atoms with Crippen molar-refractivity contribution >= 4 is 16.7 Å². The van der Waals surface area contributed by atoms with Gasteiger partial charge in [-0.3, -0.25) is 0 Å². The number of aromatic carboxylic acids is 1. The molecule has 0 atom stereocenters. The number of fused-ring (bicyclic) bond motifs is 1. The van der Waals surface area contributed by atoms with E-state index in [1.165, 1.54) is 6.07 Å². The van der Waals surface area contributed by atoms with Gasteiger partial charge in [0.25, 0.3) is 0 Å². The summed E-state index contributed by atoms with van der Waals surface area (Å²) in [5.74, 6) is 1.47. The van der Waals surface area contributed by atoms with Crippen molar-refractivity contribution in [1.29, 1.82) is 0 Å². The Kier molecular flexibility index (Phi) is 2.93. The van der Waals surface area contributed by atoms with Gasteiger partial charge >= 0.3 is 5.97 Å². The predicted octanol–water partition coefficient (Wildman–Crippen LogP) is 1.95. The Balaban J connectivity index is 2.61. The second-order valence-electron chi connectivity index (χ2n) is 3.33. The van der Waals surface area contributed by atoms with Gasteiger partial charge in [0.2, 0.25) is 5.88 Å². The molecule has 2 rings (SSSR count). The molecule has 4 nitrogen and oxygen atoms in total. The number of nitrogens with zero attached hydrogens (tertiary/aromatic N) is 1. The zero-order chi connectivity index (χ0) is 12.3. The minimum atomic E-state index is -1.10. The zero-order valence-electron chi connectivity index (χ0n) is 8.88. The lowest BCUT2D eigenvalue weighted by Gasteiger charge is -2.07. The third-order valence-corrected chi connectivity index (χ3v) is 2.22. The van der Waals surface area contributed by atoms with E-state index < -0.39 is 5.97 Å². The van der Waals surface area contributed by atoms with E-state index in [4.69, 9.17) is 16.3 Å². The summed E-state index contributed by atoms with van der Waals surface area (Å²) in [7, 11) is 0. The maximum absolute atomic E-state index is 10.9.